The molecule has 116 valence electrons. The fraction of sp³-hybridized carbons (Fsp3) is 0.444. The van der Waals surface area contributed by atoms with Crippen LogP contribution in [0.5, 0.6) is 0 Å². The van der Waals surface area contributed by atoms with Crippen molar-refractivity contribution in [2.75, 3.05) is 0 Å². The molecular weight excluding hydrogens is 276 g/mol. The first kappa shape index (κ1) is 14.8. The van der Waals surface area contributed by atoms with Crippen LogP contribution in [0.1, 0.15) is 49.1 Å². The second-order valence-electron chi connectivity index (χ2n) is 6.28. The Morgan fingerprint density at radius 3 is 2.45 bits per heavy atom. The monoisotopic (exact) mass is 298 g/mol. The lowest BCUT2D eigenvalue weighted by Crippen LogP contribution is -2.37. The second kappa shape index (κ2) is 5.95. The van der Waals surface area contributed by atoms with E-state index in [1.54, 1.807) is 6.20 Å². The number of benzene rings is 1. The number of carboxylic acid groups (broad SMARTS) is 1. The van der Waals surface area contributed by atoms with E-state index < -0.39 is 11.4 Å². The zero-order chi connectivity index (χ0) is 15.6. The van der Waals surface area contributed by atoms with Gasteiger partial charge >= 0.3 is 5.97 Å². The third-order valence-electron chi connectivity index (χ3n) is 4.91. The molecule has 4 heteroatoms. The molecule has 1 aromatic heterocycles. The van der Waals surface area contributed by atoms with Crippen LogP contribution in [-0.4, -0.2) is 20.6 Å². The van der Waals surface area contributed by atoms with Crippen molar-refractivity contribution in [1.82, 2.24) is 9.55 Å². The van der Waals surface area contributed by atoms with Crippen LogP contribution in [-0.2, 0) is 23.7 Å². The number of rotatable bonds is 4. The van der Waals surface area contributed by atoms with Gasteiger partial charge in [-0.3, -0.25) is 4.79 Å². The van der Waals surface area contributed by atoms with Gasteiger partial charge in [0, 0.05) is 25.9 Å². The largest absolute Gasteiger partial charge is 0.481 e. The summed E-state index contributed by atoms with van der Waals surface area (Å²) in [6.45, 7) is 0. The quantitative estimate of drug-likeness (QED) is 0.942. The van der Waals surface area contributed by atoms with Crippen LogP contribution in [0.2, 0.25) is 0 Å². The van der Waals surface area contributed by atoms with E-state index in [-0.39, 0.29) is 0 Å². The molecule has 0 saturated heterocycles. The molecule has 0 aliphatic heterocycles. The average molecular weight is 298 g/mol. The zero-order valence-corrected chi connectivity index (χ0v) is 13.0. The third-order valence-corrected chi connectivity index (χ3v) is 4.91. The summed E-state index contributed by atoms with van der Waals surface area (Å²) in [6.07, 6.45) is 9.15. The highest BCUT2D eigenvalue weighted by molar-refractivity contribution is 5.81. The maximum atomic E-state index is 11.8. The van der Waals surface area contributed by atoms with Crippen LogP contribution in [0, 0.1) is 0 Å². The molecular formula is C18H22N2O2. The van der Waals surface area contributed by atoms with Crippen molar-refractivity contribution in [3.05, 3.63) is 53.6 Å². The first-order valence-corrected chi connectivity index (χ1v) is 7.91. The minimum atomic E-state index is -0.681. The maximum Gasteiger partial charge on any atom is 0.314 e. The van der Waals surface area contributed by atoms with Gasteiger partial charge in [0.2, 0.25) is 0 Å². The highest BCUT2D eigenvalue weighted by Crippen LogP contribution is 2.39. The van der Waals surface area contributed by atoms with E-state index >= 15 is 0 Å². The topological polar surface area (TPSA) is 55.1 Å². The van der Waals surface area contributed by atoms with E-state index in [1.165, 1.54) is 0 Å². The van der Waals surface area contributed by atoms with Gasteiger partial charge in [0.05, 0.1) is 5.41 Å². The molecule has 1 heterocycles. The van der Waals surface area contributed by atoms with Crippen molar-refractivity contribution in [2.24, 2.45) is 7.05 Å². The summed E-state index contributed by atoms with van der Waals surface area (Å²) in [5.74, 6) is 0.336. The van der Waals surface area contributed by atoms with Crippen LogP contribution in [0.15, 0.2) is 36.7 Å². The van der Waals surface area contributed by atoms with Gasteiger partial charge in [-0.15, -0.1) is 0 Å². The third kappa shape index (κ3) is 2.65. The molecule has 0 atom stereocenters. The summed E-state index contributed by atoms with van der Waals surface area (Å²) in [4.78, 5) is 16.2. The number of carboxylic acids is 1. The fourth-order valence-corrected chi connectivity index (χ4v) is 3.47. The van der Waals surface area contributed by atoms with Gasteiger partial charge in [-0.05, 0) is 24.0 Å². The minimum absolute atomic E-state index is 0.677. The zero-order valence-electron chi connectivity index (χ0n) is 13.0. The summed E-state index contributed by atoms with van der Waals surface area (Å²) >= 11 is 0. The predicted octanol–water partition coefficient (Wildman–Crippen LogP) is 3.30. The Bertz CT molecular complexity index is 652. The fourth-order valence-electron chi connectivity index (χ4n) is 3.47. The summed E-state index contributed by atoms with van der Waals surface area (Å²) in [6, 6.07) is 8.09. The molecule has 2 aromatic rings. The van der Waals surface area contributed by atoms with Gasteiger partial charge < -0.3 is 9.67 Å². The summed E-state index contributed by atoms with van der Waals surface area (Å²) in [5.41, 5.74) is 1.43. The standard InChI is InChI=1S/C18H22N2O2/c1-20-12-11-19-16(20)13-14-5-7-15(8-6-14)18(17(21)22)9-3-2-4-10-18/h5-8,11-12H,2-4,9-10,13H2,1H3,(H,21,22). The van der Waals surface area contributed by atoms with E-state index in [0.717, 1.165) is 55.5 Å². The molecule has 0 radical (unpaired) electrons. The molecule has 0 amide bonds. The Morgan fingerprint density at radius 2 is 1.91 bits per heavy atom. The molecule has 4 nitrogen and oxygen atoms in total. The molecule has 3 rings (SSSR count). The van der Waals surface area contributed by atoms with E-state index in [0.29, 0.717) is 0 Å². The smallest absolute Gasteiger partial charge is 0.314 e. The lowest BCUT2D eigenvalue weighted by Gasteiger charge is -2.33. The number of hydrogen-bond donors (Lipinski definition) is 1. The molecule has 1 fully saturated rings. The van der Waals surface area contributed by atoms with E-state index in [2.05, 4.69) is 4.98 Å². The molecule has 0 unspecified atom stereocenters. The van der Waals surface area contributed by atoms with Gasteiger partial charge in [0.1, 0.15) is 5.82 Å². The second-order valence-corrected chi connectivity index (χ2v) is 6.28. The van der Waals surface area contributed by atoms with Gasteiger partial charge in [-0.1, -0.05) is 43.5 Å². The molecule has 1 N–H and O–H groups in total. The van der Waals surface area contributed by atoms with Crippen molar-refractivity contribution < 1.29 is 9.90 Å². The van der Waals surface area contributed by atoms with Crippen molar-refractivity contribution >= 4 is 5.97 Å². The number of carbonyl (C=O) groups is 1. The lowest BCUT2D eigenvalue weighted by molar-refractivity contribution is -0.145. The van der Waals surface area contributed by atoms with Crippen LogP contribution < -0.4 is 0 Å². The summed E-state index contributed by atoms with van der Waals surface area (Å²) in [5, 5.41) is 9.74. The normalized spacial score (nSPS) is 17.3. The van der Waals surface area contributed by atoms with Gasteiger partial charge in [0.25, 0.3) is 0 Å². The summed E-state index contributed by atoms with van der Waals surface area (Å²) in [7, 11) is 1.98. The molecule has 1 aliphatic carbocycles. The Labute approximate surface area is 130 Å². The Hall–Kier alpha value is -2.10. The van der Waals surface area contributed by atoms with Crippen LogP contribution in [0.3, 0.4) is 0 Å². The predicted molar refractivity (Wildman–Crippen MR) is 84.9 cm³/mol. The molecule has 22 heavy (non-hydrogen) atoms. The average Bonchev–Trinajstić information content (AvgIpc) is 2.94. The van der Waals surface area contributed by atoms with Crippen molar-refractivity contribution in [3.63, 3.8) is 0 Å². The number of aliphatic carboxylic acids is 1. The minimum Gasteiger partial charge on any atom is -0.481 e. The van der Waals surface area contributed by atoms with Crippen molar-refractivity contribution in [1.29, 1.82) is 0 Å². The number of nitrogens with zero attached hydrogens (tertiary/aromatic N) is 2. The number of aryl methyl sites for hydroxylation is 1. The molecule has 1 aliphatic rings. The van der Waals surface area contributed by atoms with Gasteiger partial charge in [-0.2, -0.15) is 0 Å². The Balaban J connectivity index is 1.83. The van der Waals surface area contributed by atoms with E-state index in [1.807, 2.05) is 42.1 Å². The maximum absolute atomic E-state index is 11.8. The highest BCUT2D eigenvalue weighted by atomic mass is 16.4. The van der Waals surface area contributed by atoms with Crippen LogP contribution >= 0.6 is 0 Å². The van der Waals surface area contributed by atoms with Crippen molar-refractivity contribution in [2.45, 2.75) is 43.9 Å². The number of imidazole rings is 1. The van der Waals surface area contributed by atoms with Gasteiger partial charge in [0.15, 0.2) is 0 Å². The number of aromatic nitrogens is 2. The van der Waals surface area contributed by atoms with E-state index in [4.69, 9.17) is 0 Å². The molecule has 0 bridgehead atoms. The first-order valence-electron chi connectivity index (χ1n) is 7.91. The molecule has 0 spiro atoms. The molecule has 1 saturated carbocycles. The van der Waals surface area contributed by atoms with E-state index in [9.17, 15) is 9.90 Å². The van der Waals surface area contributed by atoms with Gasteiger partial charge in [-0.25, -0.2) is 4.98 Å². The Kier molecular flexibility index (Phi) is 4.01. The molecule has 1 aromatic carbocycles. The first-order chi connectivity index (χ1) is 10.6. The highest BCUT2D eigenvalue weighted by Gasteiger charge is 2.41. The van der Waals surface area contributed by atoms with Crippen LogP contribution in [0.4, 0.5) is 0 Å². The Morgan fingerprint density at radius 1 is 1.23 bits per heavy atom. The number of hydrogen-bond acceptors (Lipinski definition) is 2. The SMILES string of the molecule is Cn1ccnc1Cc1ccc(C2(C(=O)O)CCCCC2)cc1. The van der Waals surface area contributed by atoms with Crippen molar-refractivity contribution in [3.8, 4) is 0 Å². The van der Waals surface area contributed by atoms with Crippen LogP contribution in [0.25, 0.3) is 0 Å². The summed E-state index contributed by atoms with van der Waals surface area (Å²) < 4.78 is 2.01. The lowest BCUT2D eigenvalue weighted by atomic mass is 9.69.